The number of carbonyl (C=O) groups is 2. The van der Waals surface area contributed by atoms with Crippen LogP contribution in [0.4, 0.5) is 0 Å². The number of carboxylic acid groups (broad SMARTS) is 1. The molecule has 2 N–H and O–H groups in total. The van der Waals surface area contributed by atoms with Gasteiger partial charge in [-0.1, -0.05) is 39.0 Å². The Labute approximate surface area is 114 Å². The molecule has 110 valence electrons. The molecule has 1 amide bonds. The van der Waals surface area contributed by atoms with Gasteiger partial charge in [0.1, 0.15) is 6.10 Å². The van der Waals surface area contributed by atoms with Gasteiger partial charge < -0.3 is 15.2 Å². The van der Waals surface area contributed by atoms with E-state index in [0.29, 0.717) is 19.4 Å². The first-order valence-corrected chi connectivity index (χ1v) is 7.31. The van der Waals surface area contributed by atoms with E-state index in [0.717, 1.165) is 12.8 Å². The molecule has 0 spiro atoms. The molecule has 0 aromatic carbocycles. The molecule has 0 aliphatic carbocycles. The van der Waals surface area contributed by atoms with Crippen molar-refractivity contribution in [3.05, 3.63) is 0 Å². The summed E-state index contributed by atoms with van der Waals surface area (Å²) in [5.41, 5.74) is 0. The van der Waals surface area contributed by atoms with Crippen LogP contribution in [0.1, 0.15) is 58.3 Å². The van der Waals surface area contributed by atoms with Crippen molar-refractivity contribution in [3.8, 4) is 0 Å². The highest BCUT2D eigenvalue weighted by Gasteiger charge is 2.34. The molecule has 0 unspecified atom stereocenters. The number of nitrogens with one attached hydrogen (secondary N) is 1. The van der Waals surface area contributed by atoms with Gasteiger partial charge in [-0.05, 0) is 19.3 Å². The Morgan fingerprint density at radius 2 is 1.74 bits per heavy atom. The summed E-state index contributed by atoms with van der Waals surface area (Å²) in [4.78, 5) is 22.4. The zero-order valence-electron chi connectivity index (χ0n) is 11.7. The third kappa shape index (κ3) is 6.05. The quantitative estimate of drug-likeness (QED) is 0.630. The van der Waals surface area contributed by atoms with Crippen molar-refractivity contribution >= 4 is 11.9 Å². The number of unbranched alkanes of at least 4 members (excludes halogenated alkanes) is 5. The minimum absolute atomic E-state index is 0.169. The zero-order chi connectivity index (χ0) is 14.1. The van der Waals surface area contributed by atoms with Gasteiger partial charge in [-0.25, -0.2) is 4.79 Å². The van der Waals surface area contributed by atoms with E-state index in [-0.39, 0.29) is 5.91 Å². The molecule has 5 heteroatoms. The molecule has 5 nitrogen and oxygen atoms in total. The third-order valence-electron chi connectivity index (χ3n) is 3.42. The van der Waals surface area contributed by atoms with Crippen molar-refractivity contribution in [2.45, 2.75) is 70.5 Å². The normalized spacial score (nSPS) is 22.4. The standard InChI is InChI=1S/C14H25NO4/c1-2-3-4-5-6-7-10-15-13(16)11-8-9-12(19-11)14(17)18/h11-12H,2-10H2,1H3,(H,15,16)(H,17,18)/t11-,12+/m0/s1. The van der Waals surface area contributed by atoms with Crippen LogP contribution in [-0.4, -0.2) is 35.7 Å². The third-order valence-corrected chi connectivity index (χ3v) is 3.42. The summed E-state index contributed by atoms with van der Waals surface area (Å²) >= 11 is 0. The second-order valence-electron chi connectivity index (χ2n) is 5.09. The summed E-state index contributed by atoms with van der Waals surface area (Å²) in [6, 6.07) is 0. The predicted octanol–water partition coefficient (Wildman–Crippen LogP) is 2.10. The smallest absolute Gasteiger partial charge is 0.332 e. The Hall–Kier alpha value is -1.10. The Bertz CT molecular complexity index is 293. The van der Waals surface area contributed by atoms with Gasteiger partial charge in [0, 0.05) is 6.54 Å². The van der Waals surface area contributed by atoms with Gasteiger partial charge in [0.05, 0.1) is 0 Å². The summed E-state index contributed by atoms with van der Waals surface area (Å²) in [5.74, 6) is -1.15. The average molecular weight is 271 g/mol. The number of hydrogen-bond donors (Lipinski definition) is 2. The Balaban J connectivity index is 2.04. The number of ether oxygens (including phenoxy) is 1. The molecule has 2 atom stereocenters. The van der Waals surface area contributed by atoms with E-state index in [4.69, 9.17) is 9.84 Å². The first-order valence-electron chi connectivity index (χ1n) is 7.31. The van der Waals surface area contributed by atoms with E-state index in [1.165, 1.54) is 25.7 Å². The number of rotatable bonds is 9. The van der Waals surface area contributed by atoms with E-state index in [1.54, 1.807) is 0 Å². The lowest BCUT2D eigenvalue weighted by Crippen LogP contribution is -2.36. The van der Waals surface area contributed by atoms with Crippen LogP contribution >= 0.6 is 0 Å². The van der Waals surface area contributed by atoms with Crippen LogP contribution < -0.4 is 5.32 Å². The van der Waals surface area contributed by atoms with Crippen molar-refractivity contribution in [3.63, 3.8) is 0 Å². The molecule has 1 rings (SSSR count). The van der Waals surface area contributed by atoms with Crippen molar-refractivity contribution < 1.29 is 19.4 Å². The first-order chi connectivity index (χ1) is 9.15. The first kappa shape index (κ1) is 16.0. The van der Waals surface area contributed by atoms with Gasteiger partial charge in [0.15, 0.2) is 6.10 Å². The molecule has 0 bridgehead atoms. The molecule has 1 heterocycles. The van der Waals surface area contributed by atoms with Crippen LogP contribution in [0, 0.1) is 0 Å². The van der Waals surface area contributed by atoms with Crippen molar-refractivity contribution in [1.29, 1.82) is 0 Å². The number of hydrogen-bond acceptors (Lipinski definition) is 3. The Morgan fingerprint density at radius 3 is 2.37 bits per heavy atom. The van der Waals surface area contributed by atoms with Crippen molar-refractivity contribution in [1.82, 2.24) is 5.32 Å². The van der Waals surface area contributed by atoms with Crippen molar-refractivity contribution in [2.75, 3.05) is 6.54 Å². The maximum atomic E-state index is 11.7. The van der Waals surface area contributed by atoms with Gasteiger partial charge in [-0.2, -0.15) is 0 Å². The molecule has 1 aliphatic rings. The molecule has 1 saturated heterocycles. The number of carboxylic acids is 1. The molecule has 0 aromatic heterocycles. The molecule has 0 aromatic rings. The van der Waals surface area contributed by atoms with Gasteiger partial charge in [0.25, 0.3) is 0 Å². The molecule has 0 saturated carbocycles. The maximum absolute atomic E-state index is 11.7. The summed E-state index contributed by atoms with van der Waals surface area (Å²) in [5, 5.41) is 11.6. The average Bonchev–Trinajstić information content (AvgIpc) is 2.87. The van der Waals surface area contributed by atoms with Crippen LogP contribution in [0.15, 0.2) is 0 Å². The summed E-state index contributed by atoms with van der Waals surface area (Å²) < 4.78 is 5.18. The minimum atomic E-state index is -0.980. The van der Waals surface area contributed by atoms with Crippen LogP contribution in [0.5, 0.6) is 0 Å². The lowest BCUT2D eigenvalue weighted by molar-refractivity contribution is -0.151. The topological polar surface area (TPSA) is 75.6 Å². The second kappa shape index (κ2) is 8.91. The summed E-state index contributed by atoms with van der Waals surface area (Å²) in [6.45, 7) is 2.84. The molecule has 1 aliphatic heterocycles. The fraction of sp³-hybridized carbons (Fsp3) is 0.857. The fourth-order valence-corrected chi connectivity index (χ4v) is 2.24. The van der Waals surface area contributed by atoms with E-state index in [2.05, 4.69) is 12.2 Å². The monoisotopic (exact) mass is 271 g/mol. The highest BCUT2D eigenvalue weighted by Crippen LogP contribution is 2.19. The highest BCUT2D eigenvalue weighted by molar-refractivity contribution is 5.82. The number of carbonyl (C=O) groups excluding carboxylic acids is 1. The summed E-state index contributed by atoms with van der Waals surface area (Å²) in [7, 11) is 0. The van der Waals surface area contributed by atoms with E-state index in [9.17, 15) is 9.59 Å². The second-order valence-corrected chi connectivity index (χ2v) is 5.09. The largest absolute Gasteiger partial charge is 0.479 e. The molecule has 0 radical (unpaired) electrons. The summed E-state index contributed by atoms with van der Waals surface area (Å²) in [6.07, 6.45) is 6.62. The van der Waals surface area contributed by atoms with Gasteiger partial charge in [-0.3, -0.25) is 4.79 Å². The minimum Gasteiger partial charge on any atom is -0.479 e. The zero-order valence-corrected chi connectivity index (χ0v) is 11.7. The van der Waals surface area contributed by atoms with Crippen molar-refractivity contribution in [2.24, 2.45) is 0 Å². The molecular weight excluding hydrogens is 246 g/mol. The SMILES string of the molecule is CCCCCCCCNC(=O)[C@@H]1CC[C@H](C(=O)O)O1. The Kier molecular flexibility index (Phi) is 7.48. The van der Waals surface area contributed by atoms with Crippen LogP contribution in [0.25, 0.3) is 0 Å². The molecule has 19 heavy (non-hydrogen) atoms. The van der Waals surface area contributed by atoms with Crippen LogP contribution in [0.3, 0.4) is 0 Å². The van der Waals surface area contributed by atoms with Gasteiger partial charge in [-0.15, -0.1) is 0 Å². The van der Waals surface area contributed by atoms with E-state index < -0.39 is 18.2 Å². The van der Waals surface area contributed by atoms with Gasteiger partial charge in [0.2, 0.25) is 5.91 Å². The lowest BCUT2D eigenvalue weighted by Gasteiger charge is -2.11. The van der Waals surface area contributed by atoms with Crippen LogP contribution in [-0.2, 0) is 14.3 Å². The maximum Gasteiger partial charge on any atom is 0.332 e. The number of amides is 1. The molecule has 1 fully saturated rings. The number of aliphatic carboxylic acids is 1. The predicted molar refractivity (Wildman–Crippen MR) is 71.9 cm³/mol. The molecular formula is C14H25NO4. The van der Waals surface area contributed by atoms with Gasteiger partial charge >= 0.3 is 5.97 Å². The Morgan fingerprint density at radius 1 is 1.11 bits per heavy atom. The highest BCUT2D eigenvalue weighted by atomic mass is 16.5. The van der Waals surface area contributed by atoms with E-state index >= 15 is 0 Å². The van der Waals surface area contributed by atoms with Crippen LogP contribution in [0.2, 0.25) is 0 Å². The lowest BCUT2D eigenvalue weighted by atomic mass is 10.1. The fourth-order valence-electron chi connectivity index (χ4n) is 2.24. The van der Waals surface area contributed by atoms with E-state index in [1.807, 2.05) is 0 Å².